The second-order valence-electron chi connectivity index (χ2n) is 10.5. The zero-order valence-electron chi connectivity index (χ0n) is 19.7. The maximum atomic E-state index is 12.8. The van der Waals surface area contributed by atoms with Crippen LogP contribution in [-0.4, -0.2) is 52.7 Å². The van der Waals surface area contributed by atoms with Crippen molar-refractivity contribution in [2.24, 2.45) is 5.92 Å². The maximum Gasteiger partial charge on any atom is 0.255 e. The molecule has 1 saturated heterocycles. The molecule has 1 atom stereocenters. The van der Waals surface area contributed by atoms with Crippen molar-refractivity contribution in [1.29, 1.82) is 0 Å². The van der Waals surface area contributed by atoms with Crippen molar-refractivity contribution >= 4 is 11.6 Å². The first kappa shape index (κ1) is 21.0. The molecule has 6 rings (SSSR count). The Kier molecular flexibility index (Phi) is 5.32. The number of phenolic OH excluding ortho intramolecular Hbond substituents is 1. The van der Waals surface area contributed by atoms with Gasteiger partial charge in [0, 0.05) is 68.2 Å². The van der Waals surface area contributed by atoms with E-state index in [4.69, 9.17) is 4.98 Å². The molecule has 0 aliphatic carbocycles. The number of piperidine rings is 1. The molecule has 2 N–H and O–H groups in total. The Bertz CT molecular complexity index is 1120. The zero-order chi connectivity index (χ0) is 22.5. The first-order valence-electron chi connectivity index (χ1n) is 12.8. The van der Waals surface area contributed by atoms with Crippen LogP contribution >= 0.6 is 0 Å². The van der Waals surface area contributed by atoms with Gasteiger partial charge in [-0.2, -0.15) is 0 Å². The summed E-state index contributed by atoms with van der Waals surface area (Å²) in [5.41, 5.74) is 6.66. The van der Waals surface area contributed by atoms with E-state index in [1.165, 1.54) is 24.1 Å². The third kappa shape index (κ3) is 3.80. The number of rotatable bonds is 3. The highest BCUT2D eigenvalue weighted by atomic mass is 16.3. The van der Waals surface area contributed by atoms with Crippen LogP contribution in [-0.2, 0) is 32.4 Å². The number of nitrogens with one attached hydrogen (secondary N) is 1. The molecule has 0 spiro atoms. The van der Waals surface area contributed by atoms with E-state index in [0.29, 0.717) is 31.2 Å². The summed E-state index contributed by atoms with van der Waals surface area (Å²) in [7, 11) is 0. The fraction of sp³-hybridized carbons (Fsp3) is 0.615. The Morgan fingerprint density at radius 3 is 2.73 bits per heavy atom. The molecule has 2 aromatic rings. The molecule has 1 aromatic heterocycles. The number of hydrogen-bond acceptors (Lipinski definition) is 6. The van der Waals surface area contributed by atoms with E-state index in [1.54, 1.807) is 0 Å². The smallest absolute Gasteiger partial charge is 0.255 e. The van der Waals surface area contributed by atoms with Crippen LogP contribution < -0.4 is 15.4 Å². The average molecular weight is 450 g/mol. The summed E-state index contributed by atoms with van der Waals surface area (Å²) in [5.74, 6) is 1.85. The van der Waals surface area contributed by atoms with E-state index < -0.39 is 0 Å². The van der Waals surface area contributed by atoms with Gasteiger partial charge < -0.3 is 14.9 Å². The second-order valence-corrected chi connectivity index (χ2v) is 10.5. The molecule has 0 radical (unpaired) electrons. The molecule has 0 bridgehead atoms. The summed E-state index contributed by atoms with van der Waals surface area (Å²) in [6.07, 6.45) is 7.47. The number of aromatic hydroxyl groups is 1. The molecule has 1 fully saturated rings. The number of hydrogen-bond donors (Lipinski definition) is 2. The van der Waals surface area contributed by atoms with E-state index in [1.807, 2.05) is 0 Å². The lowest BCUT2D eigenvalue weighted by Crippen LogP contribution is -2.39. The summed E-state index contributed by atoms with van der Waals surface area (Å²) >= 11 is 0. The van der Waals surface area contributed by atoms with Gasteiger partial charge in [0.05, 0.1) is 5.69 Å². The Morgan fingerprint density at radius 2 is 1.88 bits per heavy atom. The van der Waals surface area contributed by atoms with Gasteiger partial charge in [0.1, 0.15) is 5.75 Å². The predicted molar refractivity (Wildman–Crippen MR) is 130 cm³/mol. The quantitative estimate of drug-likeness (QED) is 0.750. The van der Waals surface area contributed by atoms with Crippen LogP contribution in [0.4, 0.5) is 11.6 Å². The van der Waals surface area contributed by atoms with Gasteiger partial charge in [-0.05, 0) is 62.5 Å². The normalized spacial score (nSPS) is 22.8. The van der Waals surface area contributed by atoms with Gasteiger partial charge in [0.25, 0.3) is 5.56 Å². The third-order valence-corrected chi connectivity index (χ3v) is 8.06. The van der Waals surface area contributed by atoms with Gasteiger partial charge in [0.2, 0.25) is 5.95 Å². The van der Waals surface area contributed by atoms with Gasteiger partial charge in [0.15, 0.2) is 0 Å². The lowest BCUT2D eigenvalue weighted by molar-refractivity contribution is 0.237. The van der Waals surface area contributed by atoms with Crippen LogP contribution in [0.2, 0.25) is 0 Å². The van der Waals surface area contributed by atoms with Crippen molar-refractivity contribution < 1.29 is 5.11 Å². The first-order chi connectivity index (χ1) is 16.1. The molecular formula is C26H35N5O2. The first-order valence-corrected chi connectivity index (χ1v) is 12.8. The van der Waals surface area contributed by atoms with Crippen molar-refractivity contribution in [3.8, 4) is 5.75 Å². The van der Waals surface area contributed by atoms with Crippen molar-refractivity contribution in [3.63, 3.8) is 0 Å². The number of phenols is 1. The average Bonchev–Trinajstić information content (AvgIpc) is 2.82. The number of aromatic nitrogens is 2. The second kappa shape index (κ2) is 8.35. The molecule has 0 amide bonds. The summed E-state index contributed by atoms with van der Waals surface area (Å²) in [6, 6.07) is 2.24. The fourth-order valence-electron chi connectivity index (χ4n) is 6.42. The highest BCUT2D eigenvalue weighted by Gasteiger charge is 2.29. The molecule has 33 heavy (non-hydrogen) atoms. The minimum Gasteiger partial charge on any atom is -0.507 e. The van der Waals surface area contributed by atoms with Crippen LogP contribution in [0, 0.1) is 5.92 Å². The van der Waals surface area contributed by atoms with Crippen LogP contribution in [0.5, 0.6) is 5.75 Å². The topological polar surface area (TPSA) is 75.7 Å². The number of aromatic amines is 1. The third-order valence-electron chi connectivity index (χ3n) is 8.06. The molecule has 5 heterocycles. The SMILES string of the molecule is C[C@@H]1CCCN(c2nc3c(c(=O)[nH]2)CCN(Cc2cc4c5c(c2O)CCCN5CCC4)C3)C1. The van der Waals surface area contributed by atoms with Gasteiger partial charge in [-0.3, -0.25) is 14.7 Å². The molecule has 0 unspecified atom stereocenters. The van der Waals surface area contributed by atoms with Gasteiger partial charge in [-0.1, -0.05) is 6.92 Å². The Labute approximate surface area is 195 Å². The van der Waals surface area contributed by atoms with Crippen LogP contribution in [0.15, 0.2) is 10.9 Å². The summed E-state index contributed by atoms with van der Waals surface area (Å²) in [6.45, 7) is 8.58. The van der Waals surface area contributed by atoms with E-state index in [9.17, 15) is 9.90 Å². The highest BCUT2D eigenvalue weighted by Crippen LogP contribution is 2.42. The lowest BCUT2D eigenvalue weighted by atomic mass is 9.89. The minimum atomic E-state index is 0.0222. The fourth-order valence-corrected chi connectivity index (χ4v) is 6.42. The Hall–Kier alpha value is -2.54. The molecular weight excluding hydrogens is 414 g/mol. The van der Waals surface area contributed by atoms with E-state index >= 15 is 0 Å². The minimum absolute atomic E-state index is 0.0222. The molecule has 1 aromatic carbocycles. The largest absolute Gasteiger partial charge is 0.507 e. The Morgan fingerprint density at radius 1 is 1.06 bits per heavy atom. The van der Waals surface area contributed by atoms with Crippen LogP contribution in [0.25, 0.3) is 0 Å². The Balaban J connectivity index is 1.26. The highest BCUT2D eigenvalue weighted by molar-refractivity contribution is 5.69. The number of anilines is 2. The van der Waals surface area contributed by atoms with Crippen molar-refractivity contribution in [1.82, 2.24) is 14.9 Å². The standard InChI is InChI=1S/C26H35N5O2/c1-17-5-2-11-31(14-17)26-27-22-16-29(12-8-20(22)25(33)28-26)15-19-13-18-6-3-9-30-10-4-7-21(23(18)30)24(19)32/h13,17,32H,2-12,14-16H2,1H3,(H,27,28,33)/t17-/m1/s1. The number of aryl methyl sites for hydroxylation is 1. The van der Waals surface area contributed by atoms with Crippen LogP contribution in [0.3, 0.4) is 0 Å². The molecule has 0 saturated carbocycles. The summed E-state index contributed by atoms with van der Waals surface area (Å²) in [4.78, 5) is 27.9. The summed E-state index contributed by atoms with van der Waals surface area (Å²) < 4.78 is 0. The van der Waals surface area contributed by atoms with Crippen molar-refractivity contribution in [2.45, 2.75) is 65.0 Å². The van der Waals surface area contributed by atoms with E-state index in [0.717, 1.165) is 86.7 Å². The van der Waals surface area contributed by atoms with Gasteiger partial charge in [-0.25, -0.2) is 4.98 Å². The number of nitrogens with zero attached hydrogens (tertiary/aromatic N) is 4. The molecule has 176 valence electrons. The summed E-state index contributed by atoms with van der Waals surface area (Å²) in [5, 5.41) is 11.2. The van der Waals surface area contributed by atoms with E-state index in [2.05, 4.69) is 32.7 Å². The molecule has 4 aliphatic rings. The molecule has 4 aliphatic heterocycles. The van der Waals surface area contributed by atoms with Crippen LogP contribution in [0.1, 0.15) is 60.6 Å². The zero-order valence-corrected chi connectivity index (χ0v) is 19.7. The predicted octanol–water partition coefficient (Wildman–Crippen LogP) is 2.97. The monoisotopic (exact) mass is 449 g/mol. The van der Waals surface area contributed by atoms with Gasteiger partial charge in [-0.15, -0.1) is 0 Å². The molecule has 7 heteroatoms. The van der Waals surface area contributed by atoms with Gasteiger partial charge >= 0.3 is 0 Å². The van der Waals surface area contributed by atoms with E-state index in [-0.39, 0.29) is 5.56 Å². The molecule has 7 nitrogen and oxygen atoms in total. The lowest BCUT2D eigenvalue weighted by Gasteiger charge is -2.38. The van der Waals surface area contributed by atoms with Crippen molar-refractivity contribution in [3.05, 3.63) is 44.4 Å². The van der Waals surface area contributed by atoms with Crippen molar-refractivity contribution in [2.75, 3.05) is 42.5 Å². The number of benzene rings is 1. The maximum absolute atomic E-state index is 12.8. The number of fused-ring (bicyclic) bond motifs is 1. The number of H-pyrrole nitrogens is 1.